The first kappa shape index (κ1) is 11.7. The number of β-lactam (4-membered cyclic amide) rings is 1. The van der Waals surface area contributed by atoms with Crippen molar-refractivity contribution < 1.29 is 19.1 Å². The van der Waals surface area contributed by atoms with Crippen LogP contribution in [0, 0.1) is 0 Å². The standard InChI is InChI=1S/C14H11NO4/c16-8-9-3-5-10(6-4-9)15-12(13(17)14(15)18)11-2-1-7-19-11/h1-8,12-13,17H/t12-,13+/m1/s1. The van der Waals surface area contributed by atoms with Gasteiger partial charge < -0.3 is 9.52 Å². The number of aliphatic hydroxyl groups is 1. The molecule has 2 atom stereocenters. The highest BCUT2D eigenvalue weighted by Crippen LogP contribution is 2.39. The summed E-state index contributed by atoms with van der Waals surface area (Å²) in [6, 6.07) is 9.50. The molecule has 1 saturated heterocycles. The van der Waals surface area contributed by atoms with Crippen molar-refractivity contribution in [1.82, 2.24) is 0 Å². The second kappa shape index (κ2) is 4.37. The molecule has 1 N–H and O–H groups in total. The third-order valence-electron chi connectivity index (χ3n) is 3.21. The van der Waals surface area contributed by atoms with Crippen LogP contribution >= 0.6 is 0 Å². The molecule has 5 heteroatoms. The topological polar surface area (TPSA) is 70.8 Å². The van der Waals surface area contributed by atoms with E-state index < -0.39 is 12.1 Å². The fraction of sp³-hybridized carbons (Fsp3) is 0.143. The van der Waals surface area contributed by atoms with E-state index in [2.05, 4.69) is 0 Å². The van der Waals surface area contributed by atoms with E-state index in [4.69, 9.17) is 4.42 Å². The van der Waals surface area contributed by atoms with Gasteiger partial charge in [0.25, 0.3) is 5.91 Å². The minimum atomic E-state index is -1.09. The molecule has 2 heterocycles. The smallest absolute Gasteiger partial charge is 0.259 e. The Labute approximate surface area is 109 Å². The molecule has 3 rings (SSSR count). The summed E-state index contributed by atoms with van der Waals surface area (Å²) < 4.78 is 5.24. The summed E-state index contributed by atoms with van der Waals surface area (Å²) in [6.45, 7) is 0. The first-order valence-electron chi connectivity index (χ1n) is 5.82. The number of aliphatic hydroxyl groups excluding tert-OH is 1. The average molecular weight is 257 g/mol. The van der Waals surface area contributed by atoms with Crippen LogP contribution in [0.25, 0.3) is 0 Å². The maximum absolute atomic E-state index is 11.8. The first-order chi connectivity index (χ1) is 9.22. The number of hydrogen-bond donors (Lipinski definition) is 1. The number of nitrogens with zero attached hydrogens (tertiary/aromatic N) is 1. The van der Waals surface area contributed by atoms with Crippen LogP contribution < -0.4 is 4.90 Å². The van der Waals surface area contributed by atoms with Crippen molar-refractivity contribution in [3.63, 3.8) is 0 Å². The van der Waals surface area contributed by atoms with E-state index >= 15 is 0 Å². The summed E-state index contributed by atoms with van der Waals surface area (Å²) in [5, 5.41) is 9.77. The van der Waals surface area contributed by atoms with Gasteiger partial charge in [-0.3, -0.25) is 14.5 Å². The molecule has 1 amide bonds. The summed E-state index contributed by atoms with van der Waals surface area (Å²) in [6.07, 6.45) is 1.15. The molecule has 0 unspecified atom stereocenters. The van der Waals surface area contributed by atoms with Crippen LogP contribution in [0.2, 0.25) is 0 Å². The zero-order valence-corrected chi connectivity index (χ0v) is 9.89. The predicted molar refractivity (Wildman–Crippen MR) is 66.8 cm³/mol. The second-order valence-electron chi connectivity index (χ2n) is 4.32. The zero-order chi connectivity index (χ0) is 13.4. The molecule has 5 nitrogen and oxygen atoms in total. The van der Waals surface area contributed by atoms with Crippen LogP contribution in [-0.2, 0) is 4.79 Å². The third-order valence-corrected chi connectivity index (χ3v) is 3.21. The lowest BCUT2D eigenvalue weighted by atomic mass is 9.94. The zero-order valence-electron chi connectivity index (χ0n) is 9.89. The van der Waals surface area contributed by atoms with Gasteiger partial charge in [0, 0.05) is 11.3 Å². The van der Waals surface area contributed by atoms with Crippen LogP contribution in [0.4, 0.5) is 5.69 Å². The summed E-state index contributed by atoms with van der Waals surface area (Å²) in [7, 11) is 0. The highest BCUT2D eigenvalue weighted by molar-refractivity contribution is 6.04. The van der Waals surface area contributed by atoms with Gasteiger partial charge in [0.15, 0.2) is 6.10 Å². The maximum Gasteiger partial charge on any atom is 0.259 e. The van der Waals surface area contributed by atoms with Crippen molar-refractivity contribution in [1.29, 1.82) is 0 Å². The van der Waals surface area contributed by atoms with E-state index in [1.807, 2.05) is 0 Å². The first-order valence-corrected chi connectivity index (χ1v) is 5.82. The van der Waals surface area contributed by atoms with Gasteiger partial charge in [0.05, 0.1) is 6.26 Å². The molecule has 0 aliphatic carbocycles. The molecule has 96 valence electrons. The number of rotatable bonds is 3. The predicted octanol–water partition coefficient (Wildman–Crippen LogP) is 1.54. The molecular formula is C14H11NO4. The van der Waals surface area contributed by atoms with Crippen molar-refractivity contribution in [2.45, 2.75) is 12.1 Å². The number of aldehydes is 1. The van der Waals surface area contributed by atoms with Gasteiger partial charge in [0.1, 0.15) is 18.1 Å². The van der Waals surface area contributed by atoms with Crippen LogP contribution in [-0.4, -0.2) is 23.4 Å². The summed E-state index contributed by atoms with van der Waals surface area (Å²) in [4.78, 5) is 23.8. The molecule has 1 aliphatic rings. The molecular weight excluding hydrogens is 246 g/mol. The largest absolute Gasteiger partial charge is 0.467 e. The lowest BCUT2D eigenvalue weighted by Gasteiger charge is -2.43. The van der Waals surface area contributed by atoms with Crippen molar-refractivity contribution in [3.05, 3.63) is 54.0 Å². The minimum Gasteiger partial charge on any atom is -0.467 e. The summed E-state index contributed by atoms with van der Waals surface area (Å²) in [5.41, 5.74) is 1.16. The Hall–Kier alpha value is -2.40. The maximum atomic E-state index is 11.8. The normalized spacial score (nSPS) is 22.2. The molecule has 1 aromatic carbocycles. The highest BCUT2D eigenvalue weighted by atomic mass is 16.3. The van der Waals surface area contributed by atoms with Gasteiger partial charge in [-0.15, -0.1) is 0 Å². The number of carbonyl (C=O) groups excluding carboxylic acids is 2. The fourth-order valence-corrected chi connectivity index (χ4v) is 2.22. The Bertz CT molecular complexity index is 603. The van der Waals surface area contributed by atoms with Gasteiger partial charge >= 0.3 is 0 Å². The Morgan fingerprint density at radius 3 is 2.53 bits per heavy atom. The molecule has 0 saturated carbocycles. The monoisotopic (exact) mass is 257 g/mol. The van der Waals surface area contributed by atoms with Crippen LogP contribution in [0.3, 0.4) is 0 Å². The number of hydrogen-bond acceptors (Lipinski definition) is 4. The van der Waals surface area contributed by atoms with Crippen molar-refractivity contribution in [3.8, 4) is 0 Å². The number of benzene rings is 1. The fourth-order valence-electron chi connectivity index (χ4n) is 2.22. The van der Waals surface area contributed by atoms with E-state index in [9.17, 15) is 14.7 Å². The number of amides is 1. The molecule has 1 aromatic heterocycles. The van der Waals surface area contributed by atoms with E-state index in [0.29, 0.717) is 17.0 Å². The molecule has 0 spiro atoms. The molecule has 19 heavy (non-hydrogen) atoms. The van der Waals surface area contributed by atoms with Crippen LogP contribution in [0.5, 0.6) is 0 Å². The van der Waals surface area contributed by atoms with E-state index in [-0.39, 0.29) is 5.91 Å². The van der Waals surface area contributed by atoms with E-state index in [1.165, 1.54) is 11.2 Å². The van der Waals surface area contributed by atoms with E-state index in [1.54, 1.807) is 36.4 Å². The lowest BCUT2D eigenvalue weighted by Crippen LogP contribution is -2.59. The summed E-state index contributed by atoms with van der Waals surface area (Å²) in [5.74, 6) is 0.159. The van der Waals surface area contributed by atoms with Gasteiger partial charge in [0.2, 0.25) is 0 Å². The van der Waals surface area contributed by atoms with Gasteiger partial charge in [-0.25, -0.2) is 0 Å². The Balaban J connectivity index is 1.93. The van der Waals surface area contributed by atoms with Crippen molar-refractivity contribution in [2.24, 2.45) is 0 Å². The van der Waals surface area contributed by atoms with Gasteiger partial charge in [-0.2, -0.15) is 0 Å². The van der Waals surface area contributed by atoms with E-state index in [0.717, 1.165) is 6.29 Å². The number of furan rings is 1. The minimum absolute atomic E-state index is 0.375. The van der Waals surface area contributed by atoms with Crippen LogP contribution in [0.1, 0.15) is 22.2 Å². The average Bonchev–Trinajstić information content (AvgIpc) is 2.97. The number of anilines is 1. The SMILES string of the molecule is O=Cc1ccc(N2C(=O)[C@@H](O)[C@H]2c2ccco2)cc1. The number of carbonyl (C=O) groups is 2. The van der Waals surface area contributed by atoms with Gasteiger partial charge in [-0.1, -0.05) is 0 Å². The quantitative estimate of drug-likeness (QED) is 0.668. The van der Waals surface area contributed by atoms with Crippen molar-refractivity contribution >= 4 is 17.9 Å². The molecule has 0 radical (unpaired) electrons. The second-order valence-corrected chi connectivity index (χ2v) is 4.32. The van der Waals surface area contributed by atoms with Crippen LogP contribution in [0.15, 0.2) is 47.1 Å². The Kier molecular flexibility index (Phi) is 2.68. The van der Waals surface area contributed by atoms with Crippen molar-refractivity contribution in [2.75, 3.05) is 4.90 Å². The highest BCUT2D eigenvalue weighted by Gasteiger charge is 2.49. The molecule has 2 aromatic rings. The third kappa shape index (κ3) is 1.75. The van der Waals surface area contributed by atoms with Gasteiger partial charge in [-0.05, 0) is 36.4 Å². The Morgan fingerprint density at radius 1 is 1.21 bits per heavy atom. The molecule has 1 aliphatic heterocycles. The molecule has 1 fully saturated rings. The lowest BCUT2D eigenvalue weighted by molar-refractivity contribution is -0.137. The molecule has 0 bridgehead atoms. The Morgan fingerprint density at radius 2 is 1.95 bits per heavy atom. The summed E-state index contributed by atoms with van der Waals surface area (Å²) >= 11 is 0.